The molecule has 0 aromatic carbocycles. The van der Waals surface area contributed by atoms with Crippen molar-refractivity contribution in [3.05, 3.63) is 46.5 Å². The van der Waals surface area contributed by atoms with Gasteiger partial charge < -0.3 is 11.1 Å². The van der Waals surface area contributed by atoms with Gasteiger partial charge in [-0.3, -0.25) is 14.0 Å². The Bertz CT molecular complexity index is 606. The molecule has 0 unspecified atom stereocenters. The van der Waals surface area contributed by atoms with Crippen molar-refractivity contribution in [3.8, 4) is 0 Å². The lowest BCUT2D eigenvalue weighted by atomic mass is 10.3. The second-order valence-electron chi connectivity index (χ2n) is 3.58. The van der Waals surface area contributed by atoms with Crippen LogP contribution in [0.15, 0.2) is 35.3 Å². The van der Waals surface area contributed by atoms with Gasteiger partial charge in [0.25, 0.3) is 5.56 Å². The van der Waals surface area contributed by atoms with Crippen LogP contribution >= 0.6 is 0 Å². The van der Waals surface area contributed by atoms with Gasteiger partial charge in [-0.25, -0.2) is 4.98 Å². The van der Waals surface area contributed by atoms with E-state index in [1.165, 1.54) is 10.5 Å². The average Bonchev–Trinajstić information content (AvgIpc) is 2.28. The number of carbonyl (C=O) groups is 1. The van der Waals surface area contributed by atoms with Crippen LogP contribution in [0.2, 0.25) is 0 Å². The minimum absolute atomic E-state index is 0.0653. The van der Waals surface area contributed by atoms with E-state index in [1.807, 2.05) is 6.07 Å². The molecule has 0 aliphatic carbocycles. The number of aromatic nitrogens is 2. The highest BCUT2D eigenvalue weighted by atomic mass is 16.1. The standard InChI is InChI=1S/C11H12N4O2/c12-9(16)7-13-6-8-5-11(17)15-4-2-1-3-10(15)14-8/h1-5,13H,6-7H2,(H2,12,16). The summed E-state index contributed by atoms with van der Waals surface area (Å²) in [5, 5.41) is 2.81. The quantitative estimate of drug-likeness (QED) is 0.727. The number of rotatable bonds is 4. The highest BCUT2D eigenvalue weighted by Crippen LogP contribution is 1.97. The third-order valence-electron chi connectivity index (χ3n) is 2.23. The zero-order valence-electron chi connectivity index (χ0n) is 9.09. The van der Waals surface area contributed by atoms with Crippen LogP contribution in [-0.2, 0) is 11.3 Å². The van der Waals surface area contributed by atoms with Crippen molar-refractivity contribution in [2.75, 3.05) is 6.54 Å². The Morgan fingerprint density at radius 1 is 1.47 bits per heavy atom. The van der Waals surface area contributed by atoms with Crippen molar-refractivity contribution in [3.63, 3.8) is 0 Å². The Labute approximate surface area is 97.1 Å². The lowest BCUT2D eigenvalue weighted by Crippen LogP contribution is -2.29. The van der Waals surface area contributed by atoms with E-state index in [2.05, 4.69) is 10.3 Å². The minimum Gasteiger partial charge on any atom is -0.369 e. The molecule has 0 aliphatic rings. The van der Waals surface area contributed by atoms with E-state index in [4.69, 9.17) is 5.73 Å². The number of amides is 1. The lowest BCUT2D eigenvalue weighted by molar-refractivity contribution is -0.117. The molecule has 2 aromatic heterocycles. The normalized spacial score (nSPS) is 10.6. The monoisotopic (exact) mass is 232 g/mol. The summed E-state index contributed by atoms with van der Waals surface area (Å²) in [6.45, 7) is 0.402. The molecule has 0 aliphatic heterocycles. The van der Waals surface area contributed by atoms with Gasteiger partial charge >= 0.3 is 0 Å². The highest BCUT2D eigenvalue weighted by Gasteiger charge is 2.01. The Balaban J connectivity index is 2.25. The van der Waals surface area contributed by atoms with Gasteiger partial charge in [-0.05, 0) is 12.1 Å². The molecule has 0 bridgehead atoms. The number of pyridine rings is 1. The summed E-state index contributed by atoms with van der Waals surface area (Å²) in [6.07, 6.45) is 1.66. The fourth-order valence-corrected chi connectivity index (χ4v) is 1.51. The molecule has 0 spiro atoms. The fourth-order valence-electron chi connectivity index (χ4n) is 1.51. The van der Waals surface area contributed by atoms with Gasteiger partial charge in [-0.15, -0.1) is 0 Å². The Kier molecular flexibility index (Phi) is 3.15. The fraction of sp³-hybridized carbons (Fsp3) is 0.182. The van der Waals surface area contributed by atoms with Gasteiger partial charge in [0.1, 0.15) is 5.65 Å². The van der Waals surface area contributed by atoms with E-state index in [0.29, 0.717) is 17.9 Å². The van der Waals surface area contributed by atoms with Crippen molar-refractivity contribution in [1.82, 2.24) is 14.7 Å². The predicted octanol–water partition coefficient (Wildman–Crippen LogP) is -0.731. The molecule has 0 saturated carbocycles. The first-order chi connectivity index (χ1) is 8.16. The smallest absolute Gasteiger partial charge is 0.258 e. The van der Waals surface area contributed by atoms with Gasteiger partial charge in [0, 0.05) is 18.8 Å². The van der Waals surface area contributed by atoms with E-state index in [1.54, 1.807) is 18.3 Å². The first kappa shape index (κ1) is 11.3. The molecule has 6 heteroatoms. The number of carbonyl (C=O) groups excluding carboxylic acids is 1. The minimum atomic E-state index is -0.442. The maximum absolute atomic E-state index is 11.7. The van der Waals surface area contributed by atoms with Crippen LogP contribution < -0.4 is 16.6 Å². The first-order valence-corrected chi connectivity index (χ1v) is 5.13. The molecule has 0 fully saturated rings. The third-order valence-corrected chi connectivity index (χ3v) is 2.23. The van der Waals surface area contributed by atoms with Crippen LogP contribution in [0.5, 0.6) is 0 Å². The Morgan fingerprint density at radius 3 is 3.06 bits per heavy atom. The van der Waals surface area contributed by atoms with Crippen LogP contribution in [0.3, 0.4) is 0 Å². The third kappa shape index (κ3) is 2.67. The molecule has 88 valence electrons. The largest absolute Gasteiger partial charge is 0.369 e. The summed E-state index contributed by atoms with van der Waals surface area (Å²) < 4.78 is 1.46. The van der Waals surface area contributed by atoms with E-state index in [0.717, 1.165) is 0 Å². The van der Waals surface area contributed by atoms with Gasteiger partial charge in [-0.2, -0.15) is 0 Å². The SMILES string of the molecule is NC(=O)CNCc1cc(=O)n2ccccc2n1. The molecule has 3 N–H and O–H groups in total. The van der Waals surface area contributed by atoms with Crippen LogP contribution in [0.25, 0.3) is 5.65 Å². The zero-order chi connectivity index (χ0) is 12.3. The number of nitrogens with zero attached hydrogens (tertiary/aromatic N) is 2. The van der Waals surface area contributed by atoms with Crippen molar-refractivity contribution in [2.24, 2.45) is 5.73 Å². The topological polar surface area (TPSA) is 89.5 Å². The molecule has 0 radical (unpaired) electrons. The first-order valence-electron chi connectivity index (χ1n) is 5.13. The maximum atomic E-state index is 11.7. The number of primary amides is 1. The lowest BCUT2D eigenvalue weighted by Gasteiger charge is -2.04. The van der Waals surface area contributed by atoms with Crippen molar-refractivity contribution in [2.45, 2.75) is 6.54 Å². The van der Waals surface area contributed by atoms with E-state index in [-0.39, 0.29) is 12.1 Å². The summed E-state index contributed by atoms with van der Waals surface area (Å²) in [4.78, 5) is 26.5. The molecular weight excluding hydrogens is 220 g/mol. The van der Waals surface area contributed by atoms with Gasteiger partial charge in [0.05, 0.1) is 12.2 Å². The van der Waals surface area contributed by atoms with Crippen LogP contribution in [-0.4, -0.2) is 21.8 Å². The van der Waals surface area contributed by atoms with E-state index >= 15 is 0 Å². The Morgan fingerprint density at radius 2 is 2.29 bits per heavy atom. The second-order valence-corrected chi connectivity index (χ2v) is 3.58. The number of nitrogens with one attached hydrogen (secondary N) is 1. The predicted molar refractivity (Wildman–Crippen MR) is 62.4 cm³/mol. The Hall–Kier alpha value is -2.21. The number of nitrogens with two attached hydrogens (primary N) is 1. The van der Waals surface area contributed by atoms with Crippen LogP contribution in [0, 0.1) is 0 Å². The highest BCUT2D eigenvalue weighted by molar-refractivity contribution is 5.75. The second kappa shape index (κ2) is 4.75. The summed E-state index contributed by atoms with van der Waals surface area (Å²) in [7, 11) is 0. The van der Waals surface area contributed by atoms with Gasteiger partial charge in [0.15, 0.2) is 0 Å². The summed E-state index contributed by atoms with van der Waals surface area (Å²) in [5.41, 5.74) is 6.01. The summed E-state index contributed by atoms with van der Waals surface area (Å²) >= 11 is 0. The van der Waals surface area contributed by atoms with Crippen LogP contribution in [0.1, 0.15) is 5.69 Å². The van der Waals surface area contributed by atoms with Crippen molar-refractivity contribution >= 4 is 11.6 Å². The zero-order valence-corrected chi connectivity index (χ0v) is 9.09. The van der Waals surface area contributed by atoms with E-state index < -0.39 is 5.91 Å². The molecule has 2 heterocycles. The molecule has 17 heavy (non-hydrogen) atoms. The molecule has 2 aromatic rings. The molecular formula is C11H12N4O2. The molecule has 6 nitrogen and oxygen atoms in total. The van der Waals surface area contributed by atoms with Gasteiger partial charge in [0.2, 0.25) is 5.91 Å². The van der Waals surface area contributed by atoms with E-state index in [9.17, 15) is 9.59 Å². The molecule has 2 rings (SSSR count). The van der Waals surface area contributed by atoms with Gasteiger partial charge in [-0.1, -0.05) is 6.07 Å². The molecule has 0 saturated heterocycles. The summed E-state index contributed by atoms with van der Waals surface area (Å²) in [6, 6.07) is 6.75. The molecule has 1 amide bonds. The summed E-state index contributed by atoms with van der Waals surface area (Å²) in [5.74, 6) is -0.442. The molecule has 0 atom stereocenters. The van der Waals surface area contributed by atoms with Crippen LogP contribution in [0.4, 0.5) is 0 Å². The number of hydrogen-bond donors (Lipinski definition) is 2. The van der Waals surface area contributed by atoms with Crippen molar-refractivity contribution in [1.29, 1.82) is 0 Å². The van der Waals surface area contributed by atoms with Crippen molar-refractivity contribution < 1.29 is 4.79 Å². The maximum Gasteiger partial charge on any atom is 0.258 e. The number of fused-ring (bicyclic) bond motifs is 1. The number of hydrogen-bond acceptors (Lipinski definition) is 4. The average molecular weight is 232 g/mol.